The van der Waals surface area contributed by atoms with E-state index in [9.17, 15) is 14.0 Å². The predicted octanol–water partition coefficient (Wildman–Crippen LogP) is 1.81. The van der Waals surface area contributed by atoms with Crippen LogP contribution in [-0.2, 0) is 6.54 Å². The highest BCUT2D eigenvalue weighted by Crippen LogP contribution is 2.38. The van der Waals surface area contributed by atoms with Crippen LogP contribution in [0.5, 0.6) is 0 Å². The molecule has 7 heteroatoms. The van der Waals surface area contributed by atoms with Gasteiger partial charge < -0.3 is 10.2 Å². The maximum Gasteiger partial charge on any atom is 0.329 e. The number of halogens is 1. The molecule has 2 fully saturated rings. The second-order valence-corrected chi connectivity index (χ2v) is 7.53. The number of nitrogens with one attached hydrogen (secondary N) is 2. The summed E-state index contributed by atoms with van der Waals surface area (Å²) in [5.74, 6) is 0.773. The number of aromatic nitrogens is 2. The van der Waals surface area contributed by atoms with E-state index in [0.29, 0.717) is 30.4 Å². The van der Waals surface area contributed by atoms with Crippen molar-refractivity contribution in [3.8, 4) is 0 Å². The quantitative estimate of drug-likeness (QED) is 0.840. The summed E-state index contributed by atoms with van der Waals surface area (Å²) in [6, 6.07) is 9.23. The summed E-state index contributed by atoms with van der Waals surface area (Å²) < 4.78 is 15.1. The molecule has 2 aliphatic rings. The molecule has 2 N–H and O–H groups in total. The van der Waals surface area contributed by atoms with Crippen LogP contribution >= 0.6 is 0 Å². The number of aromatic amines is 1. The van der Waals surface area contributed by atoms with Gasteiger partial charge in [-0.05, 0) is 43.7 Å². The Labute approximate surface area is 157 Å². The Balaban J connectivity index is 1.33. The van der Waals surface area contributed by atoms with Gasteiger partial charge in [0, 0.05) is 37.8 Å². The van der Waals surface area contributed by atoms with Crippen LogP contribution in [0, 0.1) is 5.82 Å². The monoisotopic (exact) mass is 372 g/mol. The zero-order chi connectivity index (χ0) is 19.0. The van der Waals surface area contributed by atoms with Crippen molar-refractivity contribution in [3.05, 3.63) is 62.6 Å². The minimum Gasteiger partial charge on any atom is -0.356 e. The average Bonchev–Trinajstić information content (AvgIpc) is 3.07. The van der Waals surface area contributed by atoms with Gasteiger partial charge in [0.25, 0.3) is 5.56 Å². The first-order valence-electron chi connectivity index (χ1n) is 9.64. The van der Waals surface area contributed by atoms with Crippen molar-refractivity contribution >= 4 is 5.82 Å². The summed E-state index contributed by atoms with van der Waals surface area (Å²) >= 11 is 0. The van der Waals surface area contributed by atoms with Gasteiger partial charge in [-0.25, -0.2) is 9.18 Å². The van der Waals surface area contributed by atoms with E-state index in [-0.39, 0.29) is 17.1 Å². The lowest BCUT2D eigenvalue weighted by atomic mass is 9.75. The van der Waals surface area contributed by atoms with Gasteiger partial charge in [-0.15, -0.1) is 0 Å². The first kappa shape index (κ1) is 18.0. The van der Waals surface area contributed by atoms with Gasteiger partial charge in [-0.3, -0.25) is 14.3 Å². The van der Waals surface area contributed by atoms with Crippen molar-refractivity contribution in [2.24, 2.45) is 0 Å². The van der Waals surface area contributed by atoms with Crippen molar-refractivity contribution in [1.82, 2.24) is 14.9 Å². The van der Waals surface area contributed by atoms with Crippen LogP contribution in [0.1, 0.15) is 37.7 Å². The molecule has 1 aliphatic heterocycles. The van der Waals surface area contributed by atoms with Crippen LogP contribution < -0.4 is 21.5 Å². The molecule has 1 aromatic carbocycles. The van der Waals surface area contributed by atoms with Crippen LogP contribution in [0.3, 0.4) is 0 Å². The third-order valence-corrected chi connectivity index (χ3v) is 5.81. The molecule has 1 saturated heterocycles. The number of rotatable bonds is 5. The Morgan fingerprint density at radius 2 is 2.00 bits per heavy atom. The number of hydrogen-bond donors (Lipinski definition) is 2. The smallest absolute Gasteiger partial charge is 0.329 e. The second kappa shape index (κ2) is 7.31. The van der Waals surface area contributed by atoms with E-state index in [2.05, 4.69) is 10.3 Å². The Morgan fingerprint density at radius 3 is 2.70 bits per heavy atom. The van der Waals surface area contributed by atoms with Crippen molar-refractivity contribution in [2.75, 3.05) is 18.0 Å². The van der Waals surface area contributed by atoms with Gasteiger partial charge in [0.15, 0.2) is 0 Å². The maximum absolute atomic E-state index is 13.9. The number of nitrogens with zero attached hydrogens (tertiary/aromatic N) is 2. The highest BCUT2D eigenvalue weighted by atomic mass is 19.1. The minimum atomic E-state index is -0.358. The van der Waals surface area contributed by atoms with Gasteiger partial charge in [0.2, 0.25) is 0 Å². The van der Waals surface area contributed by atoms with Crippen LogP contribution in [0.2, 0.25) is 0 Å². The van der Waals surface area contributed by atoms with Crippen molar-refractivity contribution in [1.29, 1.82) is 0 Å². The van der Waals surface area contributed by atoms with Gasteiger partial charge in [-0.1, -0.05) is 18.2 Å². The van der Waals surface area contributed by atoms with Crippen molar-refractivity contribution < 1.29 is 4.39 Å². The molecule has 6 nitrogen and oxygen atoms in total. The second-order valence-electron chi connectivity index (χ2n) is 7.53. The average molecular weight is 372 g/mol. The van der Waals surface area contributed by atoms with E-state index < -0.39 is 0 Å². The summed E-state index contributed by atoms with van der Waals surface area (Å²) in [5.41, 5.74) is 0.195. The van der Waals surface area contributed by atoms with Gasteiger partial charge in [0.05, 0.1) is 0 Å². The molecule has 2 heterocycles. The fourth-order valence-corrected chi connectivity index (χ4v) is 4.24. The number of hydrogen-bond acceptors (Lipinski definition) is 4. The fourth-order valence-electron chi connectivity index (χ4n) is 4.24. The molecular weight excluding hydrogens is 347 g/mol. The van der Waals surface area contributed by atoms with Crippen molar-refractivity contribution in [2.45, 2.75) is 50.7 Å². The molecule has 0 amide bonds. The maximum atomic E-state index is 13.9. The Morgan fingerprint density at radius 1 is 1.22 bits per heavy atom. The number of benzene rings is 1. The lowest BCUT2D eigenvalue weighted by molar-refractivity contribution is 0.265. The molecule has 1 aromatic heterocycles. The fraction of sp³-hybridized carbons (Fsp3) is 0.500. The number of anilines is 1. The molecule has 1 aliphatic carbocycles. The topological polar surface area (TPSA) is 70.1 Å². The SMILES string of the molecule is CCn1c(=O)cc(N2CC[C@H](NC3CC(c4ccccc4F)C3)C2)[nH]c1=O. The van der Waals surface area contributed by atoms with Gasteiger partial charge >= 0.3 is 5.69 Å². The molecular formula is C20H25FN4O2. The summed E-state index contributed by atoms with van der Waals surface area (Å²) in [6.45, 7) is 3.70. The van der Waals surface area contributed by atoms with E-state index in [1.54, 1.807) is 13.0 Å². The molecule has 0 radical (unpaired) electrons. The van der Waals surface area contributed by atoms with Crippen LogP contribution in [0.25, 0.3) is 0 Å². The van der Waals surface area contributed by atoms with Crippen LogP contribution in [0.15, 0.2) is 39.9 Å². The summed E-state index contributed by atoms with van der Waals surface area (Å²) in [7, 11) is 0. The molecule has 27 heavy (non-hydrogen) atoms. The first-order valence-corrected chi connectivity index (χ1v) is 9.64. The zero-order valence-corrected chi connectivity index (χ0v) is 15.5. The van der Waals surface area contributed by atoms with E-state index in [1.165, 1.54) is 16.7 Å². The first-order chi connectivity index (χ1) is 13.0. The third-order valence-electron chi connectivity index (χ3n) is 5.81. The van der Waals surface area contributed by atoms with Crippen molar-refractivity contribution in [3.63, 3.8) is 0 Å². The standard InChI is InChI=1S/C20H25FN4O2/c1-2-25-19(26)11-18(23-20(25)27)24-8-7-14(12-24)22-15-9-13(10-15)16-5-3-4-6-17(16)21/h3-6,11,13-15,22H,2,7-10,12H2,1H3,(H,23,27)/t13?,14-,15?/m0/s1. The molecule has 1 atom stereocenters. The normalized spacial score (nSPS) is 24.8. The van der Waals surface area contributed by atoms with Crippen LogP contribution in [0.4, 0.5) is 10.2 Å². The Bertz CT molecular complexity index is 901. The predicted molar refractivity (Wildman–Crippen MR) is 103 cm³/mol. The highest BCUT2D eigenvalue weighted by Gasteiger charge is 2.34. The zero-order valence-electron chi connectivity index (χ0n) is 15.5. The molecule has 1 saturated carbocycles. The molecule has 144 valence electrons. The lowest BCUT2D eigenvalue weighted by Crippen LogP contribution is -2.46. The molecule has 0 spiro atoms. The largest absolute Gasteiger partial charge is 0.356 e. The molecule has 0 bridgehead atoms. The van der Waals surface area contributed by atoms with E-state index in [1.807, 2.05) is 17.0 Å². The summed E-state index contributed by atoms with van der Waals surface area (Å²) in [4.78, 5) is 28.9. The Kier molecular flexibility index (Phi) is 4.86. The number of H-pyrrole nitrogens is 1. The minimum absolute atomic E-state index is 0.112. The van der Waals surface area contributed by atoms with E-state index >= 15 is 0 Å². The van der Waals surface area contributed by atoms with E-state index in [4.69, 9.17) is 0 Å². The van der Waals surface area contributed by atoms with Gasteiger partial charge in [-0.2, -0.15) is 0 Å². The van der Waals surface area contributed by atoms with Crippen LogP contribution in [-0.4, -0.2) is 34.7 Å². The third kappa shape index (κ3) is 3.56. The van der Waals surface area contributed by atoms with E-state index in [0.717, 1.165) is 37.9 Å². The Hall–Kier alpha value is -2.41. The summed E-state index contributed by atoms with van der Waals surface area (Å²) in [5, 5.41) is 3.65. The van der Waals surface area contributed by atoms with Gasteiger partial charge in [0.1, 0.15) is 11.6 Å². The summed E-state index contributed by atoms with van der Waals surface area (Å²) in [6.07, 6.45) is 2.85. The highest BCUT2D eigenvalue weighted by molar-refractivity contribution is 5.38. The lowest BCUT2D eigenvalue weighted by Gasteiger charge is -2.38. The molecule has 2 aromatic rings. The molecule has 0 unspecified atom stereocenters. The molecule has 4 rings (SSSR count).